The number of likely N-dealkylation sites (N-methyl/N-ethyl adjacent to an activating group) is 1. The fraction of sp³-hybridized carbons (Fsp3) is 0.500. The number of aliphatic hydroxyl groups is 1. The summed E-state index contributed by atoms with van der Waals surface area (Å²) in [5, 5.41) is 18.9. The number of nitrogens with zero attached hydrogens (tertiary/aromatic N) is 3. The maximum absolute atomic E-state index is 10.2. The van der Waals surface area contributed by atoms with E-state index in [1.54, 1.807) is 12.1 Å². The molecule has 0 aromatic heterocycles. The van der Waals surface area contributed by atoms with Gasteiger partial charge in [0.2, 0.25) is 0 Å². The average Bonchev–Trinajstić information content (AvgIpc) is 2.41. The molecule has 96 valence electrons. The summed E-state index contributed by atoms with van der Waals surface area (Å²) in [6.45, 7) is 4.79. The quantitative estimate of drug-likeness (QED) is 0.857. The van der Waals surface area contributed by atoms with E-state index in [2.05, 4.69) is 22.9 Å². The van der Waals surface area contributed by atoms with Gasteiger partial charge in [0.25, 0.3) is 0 Å². The molecule has 4 heteroatoms. The van der Waals surface area contributed by atoms with E-state index in [9.17, 15) is 5.11 Å². The van der Waals surface area contributed by atoms with E-state index in [0.29, 0.717) is 12.1 Å². The zero-order chi connectivity index (χ0) is 13.0. The number of piperazine rings is 1. The summed E-state index contributed by atoms with van der Waals surface area (Å²) in [4.78, 5) is 4.58. The van der Waals surface area contributed by atoms with E-state index >= 15 is 0 Å². The van der Waals surface area contributed by atoms with Crippen molar-refractivity contribution < 1.29 is 5.11 Å². The largest absolute Gasteiger partial charge is 0.387 e. The van der Waals surface area contributed by atoms with Crippen LogP contribution in [0.25, 0.3) is 0 Å². The molecule has 1 aromatic carbocycles. The summed E-state index contributed by atoms with van der Waals surface area (Å²) < 4.78 is 0. The predicted octanol–water partition coefficient (Wildman–Crippen LogP) is 0.839. The third-order valence-electron chi connectivity index (χ3n) is 3.45. The van der Waals surface area contributed by atoms with Gasteiger partial charge in [-0.25, -0.2) is 0 Å². The van der Waals surface area contributed by atoms with E-state index in [0.717, 1.165) is 31.7 Å². The van der Waals surface area contributed by atoms with Crippen LogP contribution in [0.1, 0.15) is 17.2 Å². The standard InChI is InChI=1S/C14H19N3O/c1-16-6-8-17(9-7-16)11-14(18)13-4-2-12(10-15)3-5-13/h2-5,14,18H,6-9,11H2,1H3. The van der Waals surface area contributed by atoms with Crippen LogP contribution in [-0.4, -0.2) is 54.7 Å². The minimum Gasteiger partial charge on any atom is -0.387 e. The summed E-state index contributed by atoms with van der Waals surface area (Å²) in [7, 11) is 2.12. The zero-order valence-corrected chi connectivity index (χ0v) is 10.7. The first-order valence-corrected chi connectivity index (χ1v) is 6.28. The van der Waals surface area contributed by atoms with Gasteiger partial charge in [-0.05, 0) is 24.7 Å². The number of rotatable bonds is 3. The third kappa shape index (κ3) is 3.30. The Balaban J connectivity index is 1.91. The number of hydrogen-bond acceptors (Lipinski definition) is 4. The molecular formula is C14H19N3O. The van der Waals surface area contributed by atoms with E-state index in [4.69, 9.17) is 5.26 Å². The summed E-state index contributed by atoms with van der Waals surface area (Å²) in [5.74, 6) is 0. The van der Waals surface area contributed by atoms with Crippen molar-refractivity contribution in [1.82, 2.24) is 9.80 Å². The maximum atomic E-state index is 10.2. The molecule has 0 spiro atoms. The molecule has 18 heavy (non-hydrogen) atoms. The Morgan fingerprint density at radius 1 is 1.22 bits per heavy atom. The molecule has 2 rings (SSSR count). The van der Waals surface area contributed by atoms with Crippen LogP contribution in [0.5, 0.6) is 0 Å². The first kappa shape index (κ1) is 13.0. The van der Waals surface area contributed by atoms with E-state index in [1.165, 1.54) is 0 Å². The van der Waals surface area contributed by atoms with E-state index in [-0.39, 0.29) is 0 Å². The Morgan fingerprint density at radius 3 is 2.39 bits per heavy atom. The minimum absolute atomic E-state index is 0.471. The van der Waals surface area contributed by atoms with Crippen LogP contribution in [-0.2, 0) is 0 Å². The average molecular weight is 245 g/mol. The molecule has 1 unspecified atom stereocenters. The van der Waals surface area contributed by atoms with Crippen LogP contribution in [0.15, 0.2) is 24.3 Å². The van der Waals surface area contributed by atoms with Crippen molar-refractivity contribution in [2.75, 3.05) is 39.8 Å². The molecule has 1 heterocycles. The van der Waals surface area contributed by atoms with Gasteiger partial charge in [-0.15, -0.1) is 0 Å². The molecule has 1 fully saturated rings. The van der Waals surface area contributed by atoms with Crippen LogP contribution in [0.3, 0.4) is 0 Å². The van der Waals surface area contributed by atoms with Gasteiger partial charge in [0.15, 0.2) is 0 Å². The number of aliphatic hydroxyl groups excluding tert-OH is 1. The number of nitriles is 1. The second-order valence-corrected chi connectivity index (χ2v) is 4.85. The van der Waals surface area contributed by atoms with Gasteiger partial charge < -0.3 is 10.0 Å². The molecule has 0 bridgehead atoms. The van der Waals surface area contributed by atoms with Crippen LogP contribution in [0.2, 0.25) is 0 Å². The minimum atomic E-state index is -0.471. The first-order valence-electron chi connectivity index (χ1n) is 6.28. The van der Waals surface area contributed by atoms with Gasteiger partial charge in [0, 0.05) is 32.7 Å². The molecule has 4 nitrogen and oxygen atoms in total. The number of β-amino-alcohol motifs (C(OH)–C–C–N with tert-alkyl or cyclic N) is 1. The van der Waals surface area contributed by atoms with E-state index in [1.807, 2.05) is 12.1 Å². The van der Waals surface area contributed by atoms with Crippen LogP contribution in [0.4, 0.5) is 0 Å². The van der Waals surface area contributed by atoms with Gasteiger partial charge in [0.05, 0.1) is 17.7 Å². The SMILES string of the molecule is CN1CCN(CC(O)c2ccc(C#N)cc2)CC1. The molecule has 0 amide bonds. The van der Waals surface area contributed by atoms with Gasteiger partial charge in [-0.3, -0.25) is 4.90 Å². The zero-order valence-electron chi connectivity index (χ0n) is 10.7. The molecule has 1 saturated heterocycles. The highest BCUT2D eigenvalue weighted by atomic mass is 16.3. The number of benzene rings is 1. The van der Waals surface area contributed by atoms with Crippen molar-refractivity contribution in [1.29, 1.82) is 5.26 Å². The fourth-order valence-corrected chi connectivity index (χ4v) is 2.16. The third-order valence-corrected chi connectivity index (χ3v) is 3.45. The monoisotopic (exact) mass is 245 g/mol. The normalized spacial score (nSPS) is 19.4. The van der Waals surface area contributed by atoms with Gasteiger partial charge in [-0.1, -0.05) is 12.1 Å². The molecule has 1 aliphatic rings. The van der Waals surface area contributed by atoms with Crippen LogP contribution in [0, 0.1) is 11.3 Å². The lowest BCUT2D eigenvalue weighted by Crippen LogP contribution is -2.45. The summed E-state index contributed by atoms with van der Waals surface area (Å²) >= 11 is 0. The Bertz CT molecular complexity index is 416. The Labute approximate surface area is 108 Å². The molecule has 0 aliphatic carbocycles. The van der Waals surface area contributed by atoms with Crippen LogP contribution < -0.4 is 0 Å². The van der Waals surface area contributed by atoms with Crippen molar-refractivity contribution in [3.63, 3.8) is 0 Å². The lowest BCUT2D eigenvalue weighted by Gasteiger charge is -2.33. The lowest BCUT2D eigenvalue weighted by molar-refractivity contribution is 0.0805. The Kier molecular flexibility index (Phi) is 4.32. The maximum Gasteiger partial charge on any atom is 0.0991 e. The first-order chi connectivity index (χ1) is 8.69. The molecular weight excluding hydrogens is 226 g/mol. The van der Waals surface area contributed by atoms with Gasteiger partial charge >= 0.3 is 0 Å². The van der Waals surface area contributed by atoms with Crippen molar-refractivity contribution in [2.45, 2.75) is 6.10 Å². The molecule has 0 saturated carbocycles. The highest BCUT2D eigenvalue weighted by Gasteiger charge is 2.17. The second-order valence-electron chi connectivity index (χ2n) is 4.85. The van der Waals surface area contributed by atoms with Crippen molar-refractivity contribution in [3.8, 4) is 6.07 Å². The fourth-order valence-electron chi connectivity index (χ4n) is 2.16. The highest BCUT2D eigenvalue weighted by Crippen LogP contribution is 2.15. The second kappa shape index (κ2) is 5.96. The Hall–Kier alpha value is -1.41. The van der Waals surface area contributed by atoms with Crippen molar-refractivity contribution in [2.24, 2.45) is 0 Å². The molecule has 1 aromatic rings. The lowest BCUT2D eigenvalue weighted by atomic mass is 10.1. The summed E-state index contributed by atoms with van der Waals surface area (Å²) in [5.41, 5.74) is 1.51. The van der Waals surface area contributed by atoms with Gasteiger partial charge in [0.1, 0.15) is 0 Å². The predicted molar refractivity (Wildman–Crippen MR) is 70.1 cm³/mol. The molecule has 1 aliphatic heterocycles. The molecule has 1 atom stereocenters. The molecule has 1 N–H and O–H groups in total. The molecule has 0 radical (unpaired) electrons. The van der Waals surface area contributed by atoms with E-state index < -0.39 is 6.10 Å². The Morgan fingerprint density at radius 2 is 1.83 bits per heavy atom. The summed E-state index contributed by atoms with van der Waals surface area (Å²) in [6.07, 6.45) is -0.471. The smallest absolute Gasteiger partial charge is 0.0991 e. The number of hydrogen-bond donors (Lipinski definition) is 1. The highest BCUT2D eigenvalue weighted by molar-refractivity contribution is 5.32. The van der Waals surface area contributed by atoms with Crippen molar-refractivity contribution >= 4 is 0 Å². The summed E-state index contributed by atoms with van der Waals surface area (Å²) in [6, 6.07) is 9.25. The van der Waals surface area contributed by atoms with Crippen molar-refractivity contribution in [3.05, 3.63) is 35.4 Å². The topological polar surface area (TPSA) is 50.5 Å². The van der Waals surface area contributed by atoms with Crippen LogP contribution >= 0.6 is 0 Å². The van der Waals surface area contributed by atoms with Gasteiger partial charge in [-0.2, -0.15) is 5.26 Å².